The third kappa shape index (κ3) is 2.46. The summed E-state index contributed by atoms with van der Waals surface area (Å²) in [7, 11) is -1.75. The molecule has 0 fully saturated rings. The zero-order valence-corrected chi connectivity index (χ0v) is 15.0. The van der Waals surface area contributed by atoms with Crippen molar-refractivity contribution < 1.29 is 0 Å². The van der Waals surface area contributed by atoms with Crippen molar-refractivity contribution in [1.82, 2.24) is 0 Å². The Morgan fingerprint density at radius 2 is 0.846 bits per heavy atom. The molecule has 0 aliphatic rings. The average Bonchev–Trinajstić information content (AvgIpc) is 1.80. The molecule has 0 spiro atoms. The van der Waals surface area contributed by atoms with Gasteiger partial charge in [0.05, 0.1) is 15.2 Å². The summed E-state index contributed by atoms with van der Waals surface area (Å²) in [6.07, 6.45) is 0. The van der Waals surface area contributed by atoms with E-state index in [0.717, 1.165) is 0 Å². The van der Waals surface area contributed by atoms with Gasteiger partial charge in [-0.1, -0.05) is 39.3 Å². The minimum Gasteiger partial charge on any atom is -0.0692 e. The molecule has 0 saturated carbocycles. The maximum Gasteiger partial charge on any atom is 0.253 e. The molecule has 0 heterocycles. The van der Waals surface area contributed by atoms with Crippen LogP contribution in [0.4, 0.5) is 0 Å². The summed E-state index contributed by atoms with van der Waals surface area (Å²) in [5.41, 5.74) is 0. The fourth-order valence-electron chi connectivity index (χ4n) is 2.62. The van der Waals surface area contributed by atoms with Crippen molar-refractivity contribution in [2.24, 2.45) is 0 Å². The Morgan fingerprint density at radius 3 is 0.846 bits per heavy atom. The van der Waals surface area contributed by atoms with Crippen molar-refractivity contribution in [3.63, 3.8) is 0 Å². The summed E-state index contributed by atoms with van der Waals surface area (Å²) in [6, 6.07) is 0. The normalized spacial score (nSPS) is 14.5. The van der Waals surface area contributed by atoms with Gasteiger partial charge < -0.3 is 0 Å². The van der Waals surface area contributed by atoms with E-state index in [0.29, 0.717) is 0 Å². The van der Waals surface area contributed by atoms with Crippen molar-refractivity contribution in [2.45, 2.75) is 58.9 Å². The first-order valence-corrected chi connectivity index (χ1v) is 20.2. The van der Waals surface area contributed by atoms with Crippen molar-refractivity contribution >= 4 is 30.1 Å². The maximum atomic E-state index is 2.74. The first-order valence-electron chi connectivity index (χ1n) is 5.25. The molecule has 0 N–H and O–H groups in total. The molecule has 0 aliphatic heterocycles. The van der Waals surface area contributed by atoms with E-state index in [1.54, 1.807) is 0 Å². The number of rotatable bonds is 3. The van der Waals surface area contributed by atoms with E-state index in [1.165, 1.54) is 0 Å². The van der Waals surface area contributed by atoms with Crippen molar-refractivity contribution in [3.8, 4) is 0 Å². The molecular weight excluding hydrogens is 220 g/mol. The average molecular weight is 248 g/mol. The molecule has 13 heavy (non-hydrogen) atoms. The smallest absolute Gasteiger partial charge is 0.0692 e. The summed E-state index contributed by atoms with van der Waals surface area (Å²) >= 11 is 0. The fourth-order valence-corrected chi connectivity index (χ4v) is 70.9. The zero-order valence-electron chi connectivity index (χ0n) is 11.0. The van der Waals surface area contributed by atoms with Gasteiger partial charge in [-0.25, -0.2) is 0 Å². The standard InChI is InChI=1S/C9H27Si4/c1-10(2)13(9,11(3,4)5)12(6,7)8/h1-9H3/q+1. The van der Waals surface area contributed by atoms with Crippen molar-refractivity contribution in [3.05, 3.63) is 0 Å². The molecule has 0 aromatic heterocycles. The van der Waals surface area contributed by atoms with E-state index in [1.807, 2.05) is 0 Å². The van der Waals surface area contributed by atoms with E-state index in [9.17, 15) is 0 Å². The Hall–Kier alpha value is 0.868. The minimum absolute atomic E-state index is 0.0239. The molecule has 0 radical (unpaired) electrons. The topological polar surface area (TPSA) is 0 Å². The SMILES string of the molecule is C[Si+](C)[Si](C)([Si](C)(C)C)[Si](C)(C)C. The van der Waals surface area contributed by atoms with Gasteiger partial charge in [-0.05, 0) is 6.55 Å². The molecular formula is C9H27Si4+. The first-order chi connectivity index (χ1) is 5.44. The van der Waals surface area contributed by atoms with E-state index >= 15 is 0 Å². The second-order valence-corrected chi connectivity index (χ2v) is 45.4. The molecule has 0 amide bonds. The lowest BCUT2D eigenvalue weighted by Crippen LogP contribution is -2.76. The third-order valence-electron chi connectivity index (χ3n) is 4.00. The zero-order chi connectivity index (χ0) is 11.1. The molecule has 0 rings (SSSR count). The largest absolute Gasteiger partial charge is 0.253 e. The Morgan fingerprint density at radius 1 is 0.615 bits per heavy atom. The predicted octanol–water partition coefficient (Wildman–Crippen LogP) is 3.73. The Kier molecular flexibility index (Phi) is 4.04. The van der Waals surface area contributed by atoms with Crippen LogP contribution in [0, 0.1) is 0 Å². The van der Waals surface area contributed by atoms with Gasteiger partial charge in [0, 0.05) is 13.1 Å². The highest BCUT2D eigenvalue weighted by atomic mass is 29.9. The van der Waals surface area contributed by atoms with Gasteiger partial charge in [-0.15, -0.1) is 0 Å². The highest BCUT2D eigenvalue weighted by molar-refractivity contribution is 7.86. The minimum atomic E-state index is -0.863. The lowest BCUT2D eigenvalue weighted by molar-refractivity contribution is 1.75. The Balaban J connectivity index is 5.22. The van der Waals surface area contributed by atoms with E-state index < -0.39 is 21.8 Å². The highest BCUT2D eigenvalue weighted by Gasteiger charge is 2.62. The Bertz CT molecular complexity index is 159. The Labute approximate surface area is 89.1 Å². The fraction of sp³-hybridized carbons (Fsp3) is 1.00. The molecule has 0 unspecified atom stereocenters. The summed E-state index contributed by atoms with van der Waals surface area (Å²) in [5, 5.41) is 0. The summed E-state index contributed by atoms with van der Waals surface area (Å²) in [6.45, 7) is 22.8. The first kappa shape index (κ1) is 13.9. The molecule has 4 heteroatoms. The predicted molar refractivity (Wildman–Crippen MR) is 75.8 cm³/mol. The van der Waals surface area contributed by atoms with Crippen LogP contribution in [0.1, 0.15) is 0 Å². The molecule has 78 valence electrons. The lowest BCUT2D eigenvalue weighted by atomic mass is 11.8. The second kappa shape index (κ2) is 3.79. The van der Waals surface area contributed by atoms with E-state index in [2.05, 4.69) is 58.9 Å². The van der Waals surface area contributed by atoms with Gasteiger partial charge in [-0.3, -0.25) is 0 Å². The van der Waals surface area contributed by atoms with Crippen molar-refractivity contribution in [1.29, 1.82) is 0 Å². The van der Waals surface area contributed by atoms with Gasteiger partial charge in [0.15, 0.2) is 0 Å². The second-order valence-electron chi connectivity index (χ2n) is 6.62. The summed E-state index contributed by atoms with van der Waals surface area (Å²) < 4.78 is 0. The van der Waals surface area contributed by atoms with Gasteiger partial charge >= 0.3 is 0 Å². The van der Waals surface area contributed by atoms with Crippen LogP contribution in [0.5, 0.6) is 0 Å². The molecule has 0 aromatic carbocycles. The van der Waals surface area contributed by atoms with Crippen LogP contribution in [0.2, 0.25) is 58.9 Å². The van der Waals surface area contributed by atoms with Gasteiger partial charge in [0.2, 0.25) is 6.63 Å². The number of hydrogen-bond acceptors (Lipinski definition) is 0. The van der Waals surface area contributed by atoms with E-state index in [4.69, 9.17) is 0 Å². The maximum absolute atomic E-state index is 2.74. The van der Waals surface area contributed by atoms with Gasteiger partial charge in [0.1, 0.15) is 0 Å². The van der Waals surface area contributed by atoms with Gasteiger partial charge in [-0.2, -0.15) is 0 Å². The summed E-state index contributed by atoms with van der Waals surface area (Å²) in [4.78, 5) is 0. The van der Waals surface area contributed by atoms with Crippen LogP contribution in [0.3, 0.4) is 0 Å². The van der Waals surface area contributed by atoms with Crippen LogP contribution < -0.4 is 0 Å². The number of hydrogen-bond donors (Lipinski definition) is 0. The molecule has 0 bridgehead atoms. The van der Waals surface area contributed by atoms with Crippen molar-refractivity contribution in [2.75, 3.05) is 0 Å². The molecule has 0 aromatic rings. The monoisotopic (exact) mass is 247 g/mol. The molecule has 0 aliphatic carbocycles. The van der Waals surface area contributed by atoms with Crippen LogP contribution in [0.25, 0.3) is 0 Å². The lowest BCUT2D eigenvalue weighted by Gasteiger charge is -2.41. The molecule has 0 nitrogen and oxygen atoms in total. The van der Waals surface area contributed by atoms with Crippen LogP contribution >= 0.6 is 0 Å². The third-order valence-corrected chi connectivity index (χ3v) is 72.0. The van der Waals surface area contributed by atoms with Crippen LogP contribution in [-0.2, 0) is 0 Å². The molecule has 0 saturated heterocycles. The van der Waals surface area contributed by atoms with Gasteiger partial charge in [0.25, 0.3) is 8.31 Å². The van der Waals surface area contributed by atoms with Crippen LogP contribution in [0.15, 0.2) is 0 Å². The molecule has 0 atom stereocenters. The summed E-state index contributed by atoms with van der Waals surface area (Å²) in [5.74, 6) is 0. The quantitative estimate of drug-likeness (QED) is 0.667. The van der Waals surface area contributed by atoms with E-state index in [-0.39, 0.29) is 8.31 Å². The highest BCUT2D eigenvalue weighted by Crippen LogP contribution is 2.30. The van der Waals surface area contributed by atoms with Crippen LogP contribution in [-0.4, -0.2) is 30.1 Å².